The van der Waals surface area contributed by atoms with Gasteiger partial charge in [-0.25, -0.2) is 9.37 Å². The van der Waals surface area contributed by atoms with Crippen molar-refractivity contribution >= 4 is 24.1 Å². The fourth-order valence-electron chi connectivity index (χ4n) is 1.55. The van der Waals surface area contributed by atoms with Crippen molar-refractivity contribution in [1.29, 1.82) is 0 Å². The molecule has 1 aromatic carbocycles. The Hall–Kier alpha value is -3.22. The number of benzene rings is 1. The van der Waals surface area contributed by atoms with Crippen molar-refractivity contribution in [1.82, 2.24) is 0 Å². The molecule has 1 amide bonds. The van der Waals surface area contributed by atoms with Gasteiger partial charge in [-0.2, -0.15) is 0 Å². The molecule has 0 aliphatic heterocycles. The van der Waals surface area contributed by atoms with Crippen molar-refractivity contribution in [2.45, 2.75) is 6.92 Å². The lowest BCUT2D eigenvalue weighted by atomic mass is 10.2. The predicted octanol–water partition coefficient (Wildman–Crippen LogP) is 1.04. The molecule has 7 heteroatoms. The van der Waals surface area contributed by atoms with Gasteiger partial charge in [-0.3, -0.25) is 9.59 Å². The molecule has 0 aromatic heterocycles. The molecule has 0 heterocycles. The van der Waals surface area contributed by atoms with Crippen LogP contribution < -0.4 is 10.5 Å². The van der Waals surface area contributed by atoms with Gasteiger partial charge in [-0.15, -0.1) is 0 Å². The first-order valence-corrected chi connectivity index (χ1v) is 6.96. The Balaban J connectivity index is 2.68. The van der Waals surface area contributed by atoms with Gasteiger partial charge in [0.05, 0.1) is 0 Å². The molecule has 0 aliphatic carbocycles. The predicted molar refractivity (Wildman–Crippen MR) is 87.8 cm³/mol. The maximum absolute atomic E-state index is 12.1. The third-order valence-electron chi connectivity index (χ3n) is 2.71. The van der Waals surface area contributed by atoms with E-state index in [0.29, 0.717) is 0 Å². The van der Waals surface area contributed by atoms with E-state index in [2.05, 4.69) is 6.58 Å². The van der Waals surface area contributed by atoms with Crippen molar-refractivity contribution in [2.75, 3.05) is 13.8 Å². The average molecular weight is 331 g/mol. The number of allylic oxidation sites excluding steroid dienone is 1. The molecule has 0 unspecified atom stereocenters. The van der Waals surface area contributed by atoms with Gasteiger partial charge in [-0.05, 0) is 18.2 Å². The van der Waals surface area contributed by atoms with Crippen LogP contribution in [-0.4, -0.2) is 42.4 Å². The number of ether oxygens (including phenoxy) is 2. The Labute approximate surface area is 139 Å². The number of nitrogens with two attached hydrogens (primary N) is 1. The number of rotatable bonds is 7. The van der Waals surface area contributed by atoms with Crippen LogP contribution in [0.2, 0.25) is 0 Å². The summed E-state index contributed by atoms with van der Waals surface area (Å²) >= 11 is 0. The maximum atomic E-state index is 12.1. The van der Waals surface area contributed by atoms with Crippen molar-refractivity contribution in [3.8, 4) is 5.75 Å². The van der Waals surface area contributed by atoms with E-state index in [1.54, 1.807) is 36.0 Å². The quantitative estimate of drug-likeness (QED) is 0.153. The second-order valence-electron chi connectivity index (χ2n) is 4.81. The first-order valence-electron chi connectivity index (χ1n) is 6.96. The first kappa shape index (κ1) is 18.8. The van der Waals surface area contributed by atoms with E-state index >= 15 is 0 Å². The summed E-state index contributed by atoms with van der Waals surface area (Å²) in [4.78, 5) is 33.9. The van der Waals surface area contributed by atoms with Crippen LogP contribution >= 0.6 is 0 Å². The van der Waals surface area contributed by atoms with Crippen LogP contribution in [0.1, 0.15) is 17.3 Å². The zero-order valence-electron chi connectivity index (χ0n) is 13.5. The molecule has 0 fully saturated rings. The molecule has 0 saturated carbocycles. The Morgan fingerprint density at radius 3 is 2.58 bits per heavy atom. The molecule has 24 heavy (non-hydrogen) atoms. The molecular weight excluding hydrogens is 312 g/mol. The van der Waals surface area contributed by atoms with Crippen LogP contribution in [0.25, 0.3) is 0 Å². The lowest BCUT2D eigenvalue weighted by Crippen LogP contribution is -2.17. The number of nitrogens with zero attached hydrogens (tertiary/aromatic N) is 1. The average Bonchev–Trinajstić information content (AvgIpc) is 2.52. The van der Waals surface area contributed by atoms with Crippen LogP contribution in [0.15, 0.2) is 48.6 Å². The fourth-order valence-corrected chi connectivity index (χ4v) is 1.55. The topological polar surface area (TPSA) is 98.7 Å². The third-order valence-corrected chi connectivity index (χ3v) is 2.71. The lowest BCUT2D eigenvalue weighted by Gasteiger charge is -2.07. The largest absolute Gasteiger partial charge is 0.426 e. The van der Waals surface area contributed by atoms with E-state index < -0.39 is 17.8 Å². The molecule has 7 nitrogen and oxygen atoms in total. The molecule has 0 saturated heterocycles. The fraction of sp³-hybridized carbons (Fsp3) is 0.176. The summed E-state index contributed by atoms with van der Waals surface area (Å²) in [6.07, 6.45) is 4.57. The highest BCUT2D eigenvalue weighted by molar-refractivity contribution is 5.95. The van der Waals surface area contributed by atoms with E-state index in [1.807, 2.05) is 0 Å². The number of carbonyl (C=O) groups excluding carboxylic acids is 3. The molecule has 126 valence electrons. The Morgan fingerprint density at radius 1 is 1.29 bits per heavy atom. The summed E-state index contributed by atoms with van der Waals surface area (Å²) in [5, 5.41) is 0. The monoisotopic (exact) mass is 331 g/mol. The third kappa shape index (κ3) is 6.27. The van der Waals surface area contributed by atoms with Crippen LogP contribution in [-0.2, 0) is 14.3 Å². The zero-order valence-corrected chi connectivity index (χ0v) is 13.5. The minimum atomic E-state index is -0.627. The van der Waals surface area contributed by atoms with Gasteiger partial charge in [0.25, 0.3) is 6.73 Å². The van der Waals surface area contributed by atoms with Crippen LogP contribution in [0.5, 0.6) is 5.75 Å². The van der Waals surface area contributed by atoms with Crippen LogP contribution in [0.4, 0.5) is 0 Å². The van der Waals surface area contributed by atoms with E-state index in [1.165, 1.54) is 25.1 Å². The minimum absolute atomic E-state index is 0.0410. The highest BCUT2D eigenvalue weighted by atomic mass is 16.6. The maximum Gasteiger partial charge on any atom is 0.346 e. The van der Waals surface area contributed by atoms with E-state index in [4.69, 9.17) is 15.2 Å². The summed E-state index contributed by atoms with van der Waals surface area (Å²) < 4.78 is 11.7. The highest BCUT2D eigenvalue weighted by Crippen LogP contribution is 2.19. The van der Waals surface area contributed by atoms with E-state index in [9.17, 15) is 14.4 Å². The molecule has 0 atom stereocenters. The van der Waals surface area contributed by atoms with Gasteiger partial charge >= 0.3 is 11.9 Å². The standard InChI is InChI=1S/C17H18N2O5/c1-12(16(18)21)7-6-10-19(3)11-23-17(22)14-8-4-5-9-15(14)24-13(2)20/h4-10H,1,11H2,2-3H3,(H-,18,21)/p+1/b7-6-,19-10-. The molecular formula is C17H19N2O5+. The first-order chi connectivity index (χ1) is 11.3. The number of hydrogen-bond acceptors (Lipinski definition) is 5. The summed E-state index contributed by atoms with van der Waals surface area (Å²) in [6, 6.07) is 6.29. The summed E-state index contributed by atoms with van der Waals surface area (Å²) in [7, 11) is 1.67. The van der Waals surface area contributed by atoms with Crippen molar-refractivity contribution in [2.24, 2.45) is 5.73 Å². The number of para-hydroxylation sites is 1. The summed E-state index contributed by atoms with van der Waals surface area (Å²) in [5.41, 5.74) is 5.35. The number of carbonyl (C=O) groups is 3. The van der Waals surface area contributed by atoms with Gasteiger partial charge in [-0.1, -0.05) is 18.7 Å². The Morgan fingerprint density at radius 2 is 1.96 bits per heavy atom. The Kier molecular flexibility index (Phi) is 7.09. The van der Waals surface area contributed by atoms with Gasteiger partial charge in [0, 0.05) is 18.6 Å². The summed E-state index contributed by atoms with van der Waals surface area (Å²) in [5.74, 6) is -1.63. The highest BCUT2D eigenvalue weighted by Gasteiger charge is 2.16. The molecule has 0 radical (unpaired) electrons. The Bertz CT molecular complexity index is 719. The molecule has 0 bridgehead atoms. The molecule has 2 N–H and O–H groups in total. The van der Waals surface area contributed by atoms with Gasteiger partial charge < -0.3 is 15.2 Å². The number of esters is 2. The normalized spacial score (nSPS) is 11.2. The molecule has 1 aromatic rings. The number of hydrogen-bond donors (Lipinski definition) is 1. The van der Waals surface area contributed by atoms with Gasteiger partial charge in [0.2, 0.25) is 5.91 Å². The number of primary amides is 1. The van der Waals surface area contributed by atoms with Crippen LogP contribution in [0, 0.1) is 0 Å². The van der Waals surface area contributed by atoms with E-state index in [-0.39, 0.29) is 23.6 Å². The smallest absolute Gasteiger partial charge is 0.346 e. The summed E-state index contributed by atoms with van der Waals surface area (Å²) in [6.45, 7) is 4.68. The number of amides is 1. The SMILES string of the molecule is C=C(/C=C\C=[N+](\C)COC(=O)c1ccccc1OC(C)=O)C(N)=O. The zero-order chi connectivity index (χ0) is 18.1. The molecule has 1 rings (SSSR count). The van der Waals surface area contributed by atoms with Crippen molar-refractivity contribution in [3.05, 3.63) is 54.1 Å². The second-order valence-corrected chi connectivity index (χ2v) is 4.81. The minimum Gasteiger partial charge on any atom is -0.426 e. The second kappa shape index (κ2) is 9.04. The van der Waals surface area contributed by atoms with Crippen molar-refractivity contribution in [3.63, 3.8) is 0 Å². The molecule has 0 spiro atoms. The van der Waals surface area contributed by atoms with Crippen LogP contribution in [0.3, 0.4) is 0 Å². The van der Waals surface area contributed by atoms with Gasteiger partial charge in [0.1, 0.15) is 18.4 Å². The van der Waals surface area contributed by atoms with Gasteiger partial charge in [0.15, 0.2) is 6.21 Å². The van der Waals surface area contributed by atoms with E-state index in [0.717, 1.165) is 0 Å². The lowest BCUT2D eigenvalue weighted by molar-refractivity contribution is -0.528. The van der Waals surface area contributed by atoms with Crippen molar-refractivity contribution < 1.29 is 28.4 Å². The molecule has 0 aliphatic rings.